The van der Waals surface area contributed by atoms with Crippen molar-refractivity contribution < 1.29 is 5.11 Å². The van der Waals surface area contributed by atoms with Gasteiger partial charge in [0, 0.05) is 12.1 Å². The monoisotopic (exact) mass is 210 g/mol. The van der Waals surface area contributed by atoms with Crippen molar-refractivity contribution in [1.29, 1.82) is 0 Å². The molecule has 0 atom stereocenters. The number of nitrogens with two attached hydrogens (primary N) is 1. The molecule has 1 heterocycles. The largest absolute Gasteiger partial charge is 0.389 e. The zero-order chi connectivity index (χ0) is 12.1. The summed E-state index contributed by atoms with van der Waals surface area (Å²) in [6.45, 7) is 8.96. The van der Waals surface area contributed by atoms with Crippen LogP contribution in [0.1, 0.15) is 34.1 Å². The van der Waals surface area contributed by atoms with Gasteiger partial charge in [0.25, 0.3) is 0 Å². The molecule has 15 heavy (non-hydrogen) atoms. The SMILES string of the molecule is CC(C)(N)C(C)(C)O.[B]C1=CCCNC1. The molecule has 0 aromatic rings. The summed E-state index contributed by atoms with van der Waals surface area (Å²) in [7, 11) is 5.43. The summed E-state index contributed by atoms with van der Waals surface area (Å²) < 4.78 is 0. The zero-order valence-corrected chi connectivity index (χ0v) is 10.3. The van der Waals surface area contributed by atoms with Gasteiger partial charge in [-0.2, -0.15) is 0 Å². The van der Waals surface area contributed by atoms with E-state index in [1.807, 2.05) is 0 Å². The fourth-order valence-electron chi connectivity index (χ4n) is 0.665. The molecular formula is C11H23BN2O. The average Bonchev–Trinajstić information content (AvgIpc) is 2.02. The molecule has 86 valence electrons. The molecule has 4 heteroatoms. The van der Waals surface area contributed by atoms with Crippen LogP contribution in [0.4, 0.5) is 0 Å². The predicted molar refractivity (Wildman–Crippen MR) is 65.9 cm³/mol. The highest BCUT2D eigenvalue weighted by molar-refractivity contribution is 6.21. The third-order valence-electron chi connectivity index (χ3n) is 2.63. The summed E-state index contributed by atoms with van der Waals surface area (Å²) in [5, 5.41) is 12.4. The molecule has 0 saturated carbocycles. The van der Waals surface area contributed by atoms with Crippen molar-refractivity contribution in [3.05, 3.63) is 11.5 Å². The molecule has 1 rings (SSSR count). The van der Waals surface area contributed by atoms with Gasteiger partial charge in [-0.3, -0.25) is 0 Å². The van der Waals surface area contributed by atoms with Crippen molar-refractivity contribution in [2.24, 2.45) is 5.73 Å². The Kier molecular flexibility index (Phi) is 5.56. The Bertz CT molecular complexity index is 202. The second-order valence-electron chi connectivity index (χ2n) is 5.03. The fraction of sp³-hybridized carbons (Fsp3) is 0.818. The van der Waals surface area contributed by atoms with E-state index in [9.17, 15) is 5.11 Å². The Balaban J connectivity index is 0.000000262. The van der Waals surface area contributed by atoms with Gasteiger partial charge in [-0.05, 0) is 40.7 Å². The van der Waals surface area contributed by atoms with Crippen molar-refractivity contribution in [2.75, 3.05) is 13.1 Å². The molecule has 0 spiro atoms. The van der Waals surface area contributed by atoms with E-state index < -0.39 is 11.1 Å². The van der Waals surface area contributed by atoms with E-state index >= 15 is 0 Å². The summed E-state index contributed by atoms with van der Waals surface area (Å²) in [6.07, 6.45) is 3.16. The second kappa shape index (κ2) is 5.68. The van der Waals surface area contributed by atoms with Crippen molar-refractivity contribution in [2.45, 2.75) is 45.3 Å². The Morgan fingerprint density at radius 3 is 2.00 bits per heavy atom. The molecule has 2 radical (unpaired) electrons. The summed E-state index contributed by atoms with van der Waals surface area (Å²) in [5.41, 5.74) is 5.25. The molecule has 3 nitrogen and oxygen atoms in total. The number of nitrogens with one attached hydrogen (secondary N) is 1. The van der Waals surface area contributed by atoms with Crippen LogP contribution in [-0.2, 0) is 0 Å². The van der Waals surface area contributed by atoms with Crippen LogP contribution >= 0.6 is 0 Å². The molecule has 0 aliphatic carbocycles. The lowest BCUT2D eigenvalue weighted by atomic mass is 9.87. The summed E-state index contributed by atoms with van der Waals surface area (Å²) in [6, 6.07) is 0. The van der Waals surface area contributed by atoms with E-state index in [4.69, 9.17) is 13.6 Å². The van der Waals surface area contributed by atoms with Crippen LogP contribution < -0.4 is 11.1 Å². The van der Waals surface area contributed by atoms with Crippen LogP contribution in [-0.4, -0.2) is 37.2 Å². The lowest BCUT2D eigenvalue weighted by Crippen LogP contribution is -2.52. The van der Waals surface area contributed by atoms with E-state index in [-0.39, 0.29) is 0 Å². The second-order valence-corrected chi connectivity index (χ2v) is 5.03. The minimum atomic E-state index is -0.785. The van der Waals surface area contributed by atoms with Crippen LogP contribution in [0.5, 0.6) is 0 Å². The molecular weight excluding hydrogens is 187 g/mol. The first kappa shape index (κ1) is 14.7. The first-order valence-corrected chi connectivity index (χ1v) is 5.31. The topological polar surface area (TPSA) is 58.3 Å². The fourth-order valence-corrected chi connectivity index (χ4v) is 0.665. The molecule has 0 unspecified atom stereocenters. The zero-order valence-electron chi connectivity index (χ0n) is 10.3. The molecule has 1 aliphatic heterocycles. The first-order valence-electron chi connectivity index (χ1n) is 5.31. The van der Waals surface area contributed by atoms with Crippen LogP contribution in [0, 0.1) is 0 Å². The first-order chi connectivity index (χ1) is 6.64. The average molecular weight is 210 g/mol. The van der Waals surface area contributed by atoms with Gasteiger partial charge >= 0.3 is 0 Å². The maximum Gasteiger partial charge on any atom is 0.109 e. The molecule has 4 N–H and O–H groups in total. The van der Waals surface area contributed by atoms with Crippen LogP contribution in [0.25, 0.3) is 0 Å². The number of hydrogen-bond donors (Lipinski definition) is 3. The predicted octanol–water partition coefficient (Wildman–Crippen LogP) is 0.527. The molecule has 0 amide bonds. The van der Waals surface area contributed by atoms with Gasteiger partial charge in [0.15, 0.2) is 0 Å². The minimum absolute atomic E-state index is 0.507. The highest BCUT2D eigenvalue weighted by atomic mass is 16.3. The van der Waals surface area contributed by atoms with E-state index in [1.165, 1.54) is 0 Å². The molecule has 0 aromatic heterocycles. The molecule has 0 fully saturated rings. The van der Waals surface area contributed by atoms with Gasteiger partial charge in [0.1, 0.15) is 7.85 Å². The van der Waals surface area contributed by atoms with Crippen LogP contribution in [0.3, 0.4) is 0 Å². The van der Waals surface area contributed by atoms with Gasteiger partial charge in [-0.25, -0.2) is 0 Å². The molecule has 0 aromatic carbocycles. The van der Waals surface area contributed by atoms with Gasteiger partial charge < -0.3 is 16.2 Å². The van der Waals surface area contributed by atoms with E-state index in [1.54, 1.807) is 27.7 Å². The third-order valence-corrected chi connectivity index (χ3v) is 2.63. The van der Waals surface area contributed by atoms with Crippen LogP contribution in [0.15, 0.2) is 11.5 Å². The standard InChI is InChI=1S/C6H15NO.C5H8BN/c1-5(2,7)6(3,4)8;6-5-2-1-3-7-4-5/h8H,7H2,1-4H3;2,7H,1,3-4H2. The smallest absolute Gasteiger partial charge is 0.109 e. The highest BCUT2D eigenvalue weighted by Gasteiger charge is 2.30. The number of hydrogen-bond acceptors (Lipinski definition) is 3. The quantitative estimate of drug-likeness (QED) is 0.553. The Morgan fingerprint density at radius 1 is 1.40 bits per heavy atom. The Labute approximate surface area is 94.5 Å². The maximum absolute atomic E-state index is 9.23. The summed E-state index contributed by atoms with van der Waals surface area (Å²) in [4.78, 5) is 0. The lowest BCUT2D eigenvalue weighted by Gasteiger charge is -2.32. The van der Waals surface area contributed by atoms with Gasteiger partial charge in [-0.1, -0.05) is 6.08 Å². The van der Waals surface area contributed by atoms with Crippen molar-refractivity contribution in [1.82, 2.24) is 5.32 Å². The van der Waals surface area contributed by atoms with E-state index in [2.05, 4.69) is 11.4 Å². The van der Waals surface area contributed by atoms with Crippen molar-refractivity contribution in [3.8, 4) is 0 Å². The lowest BCUT2D eigenvalue weighted by molar-refractivity contribution is 0.0144. The Morgan fingerprint density at radius 2 is 1.87 bits per heavy atom. The number of aliphatic hydroxyl groups is 1. The molecule has 0 bridgehead atoms. The maximum atomic E-state index is 9.23. The van der Waals surface area contributed by atoms with Gasteiger partial charge in [0.2, 0.25) is 0 Å². The van der Waals surface area contributed by atoms with Crippen LogP contribution in [0.2, 0.25) is 0 Å². The normalized spacial score (nSPS) is 17.6. The number of rotatable bonds is 1. The summed E-state index contributed by atoms with van der Waals surface area (Å²) >= 11 is 0. The minimum Gasteiger partial charge on any atom is -0.389 e. The highest BCUT2D eigenvalue weighted by Crippen LogP contribution is 2.16. The van der Waals surface area contributed by atoms with Crippen molar-refractivity contribution >= 4 is 7.85 Å². The van der Waals surface area contributed by atoms with E-state index in [0.717, 1.165) is 25.0 Å². The Hall–Kier alpha value is -0.315. The van der Waals surface area contributed by atoms with E-state index in [0.29, 0.717) is 0 Å². The van der Waals surface area contributed by atoms with Gasteiger partial charge in [-0.15, -0.1) is 5.47 Å². The summed E-state index contributed by atoms with van der Waals surface area (Å²) in [5.74, 6) is 0. The molecule has 1 aliphatic rings. The molecule has 0 saturated heterocycles. The third kappa shape index (κ3) is 6.71. The van der Waals surface area contributed by atoms with Crippen molar-refractivity contribution in [3.63, 3.8) is 0 Å². The van der Waals surface area contributed by atoms with Gasteiger partial charge in [0.05, 0.1) is 5.60 Å².